The third kappa shape index (κ3) is 0.855. The smallest absolute Gasteiger partial charge is 0.213 e. The van der Waals surface area contributed by atoms with Crippen molar-refractivity contribution in [3.8, 4) is 0 Å². The van der Waals surface area contributed by atoms with Crippen molar-refractivity contribution in [2.24, 2.45) is 0 Å². The molecule has 0 aliphatic carbocycles. The Balaban J connectivity index is 2.65. The monoisotopic (exact) mass is 168 g/mol. The molecule has 0 aliphatic heterocycles. The van der Waals surface area contributed by atoms with E-state index in [0.29, 0.717) is 0 Å². The van der Waals surface area contributed by atoms with Crippen LogP contribution in [0.5, 0.6) is 0 Å². The lowest BCUT2D eigenvalue weighted by molar-refractivity contribution is 0.422. The molecular formula is C11H6NO. The topological polar surface area (TPSA) is 26.0 Å². The summed E-state index contributed by atoms with van der Waals surface area (Å²) in [5.74, 6) is 0. The van der Waals surface area contributed by atoms with Crippen LogP contribution in [0, 0.1) is 6.26 Å². The van der Waals surface area contributed by atoms with E-state index in [4.69, 9.17) is 4.52 Å². The van der Waals surface area contributed by atoms with Crippen molar-refractivity contribution in [1.29, 1.82) is 0 Å². The number of aromatic nitrogens is 1. The van der Waals surface area contributed by atoms with Crippen LogP contribution in [0.1, 0.15) is 0 Å². The van der Waals surface area contributed by atoms with Gasteiger partial charge in [0, 0.05) is 5.39 Å². The highest BCUT2D eigenvalue weighted by atomic mass is 16.5. The Labute approximate surface area is 74.8 Å². The molecule has 2 heteroatoms. The van der Waals surface area contributed by atoms with E-state index in [1.54, 1.807) is 0 Å². The summed E-state index contributed by atoms with van der Waals surface area (Å²) in [6.45, 7) is 0. The molecule has 3 rings (SSSR count). The fourth-order valence-electron chi connectivity index (χ4n) is 1.55. The highest BCUT2D eigenvalue weighted by Gasteiger charge is 2.02. The van der Waals surface area contributed by atoms with E-state index < -0.39 is 0 Å². The average molecular weight is 168 g/mol. The molecule has 0 saturated carbocycles. The van der Waals surface area contributed by atoms with E-state index >= 15 is 0 Å². The third-order valence-corrected chi connectivity index (χ3v) is 2.19. The van der Waals surface area contributed by atoms with Gasteiger partial charge in [-0.2, -0.15) is 0 Å². The summed E-state index contributed by atoms with van der Waals surface area (Å²) in [4.78, 5) is 0. The molecule has 0 N–H and O–H groups in total. The number of hydrogen-bond acceptors (Lipinski definition) is 2. The van der Waals surface area contributed by atoms with E-state index in [2.05, 4.69) is 17.5 Å². The van der Waals surface area contributed by atoms with Gasteiger partial charge in [-0.1, -0.05) is 35.5 Å². The van der Waals surface area contributed by atoms with Gasteiger partial charge in [-0.3, -0.25) is 0 Å². The van der Waals surface area contributed by atoms with Crippen LogP contribution in [0.3, 0.4) is 0 Å². The summed E-state index contributed by atoms with van der Waals surface area (Å²) in [5.41, 5.74) is 0.887. The zero-order valence-corrected chi connectivity index (χ0v) is 6.82. The van der Waals surface area contributed by atoms with E-state index in [1.165, 1.54) is 5.39 Å². The molecule has 13 heavy (non-hydrogen) atoms. The number of benzene rings is 2. The molecule has 0 spiro atoms. The SMILES string of the molecule is [c]1onc2c1ccc1ccccc12. The molecule has 0 saturated heterocycles. The normalized spacial score (nSPS) is 11.1. The van der Waals surface area contributed by atoms with Crippen molar-refractivity contribution in [2.45, 2.75) is 0 Å². The van der Waals surface area contributed by atoms with Crippen LogP contribution in [0.4, 0.5) is 0 Å². The molecule has 1 radical (unpaired) electrons. The van der Waals surface area contributed by atoms with Gasteiger partial charge in [0.2, 0.25) is 6.26 Å². The van der Waals surface area contributed by atoms with Gasteiger partial charge in [0.1, 0.15) is 5.52 Å². The lowest BCUT2D eigenvalue weighted by atomic mass is 10.1. The molecule has 0 unspecified atom stereocenters. The summed E-state index contributed by atoms with van der Waals surface area (Å²) in [7, 11) is 0. The lowest BCUT2D eigenvalue weighted by Crippen LogP contribution is -1.73. The maximum absolute atomic E-state index is 4.80. The second-order valence-electron chi connectivity index (χ2n) is 2.97. The Morgan fingerprint density at radius 3 is 3.00 bits per heavy atom. The summed E-state index contributed by atoms with van der Waals surface area (Å²) >= 11 is 0. The van der Waals surface area contributed by atoms with E-state index in [0.717, 1.165) is 16.3 Å². The van der Waals surface area contributed by atoms with Gasteiger partial charge in [0.15, 0.2) is 0 Å². The predicted molar refractivity (Wildman–Crippen MR) is 50.4 cm³/mol. The van der Waals surface area contributed by atoms with Gasteiger partial charge in [0.25, 0.3) is 0 Å². The predicted octanol–water partition coefficient (Wildman–Crippen LogP) is 2.78. The first-order valence-electron chi connectivity index (χ1n) is 4.10. The van der Waals surface area contributed by atoms with Crippen LogP contribution in [-0.2, 0) is 0 Å². The second kappa shape index (κ2) is 2.33. The summed E-state index contributed by atoms with van der Waals surface area (Å²) in [6.07, 6.45) is 2.73. The molecule has 0 atom stereocenters. The fourth-order valence-corrected chi connectivity index (χ4v) is 1.55. The van der Waals surface area contributed by atoms with Crippen LogP contribution >= 0.6 is 0 Å². The zero-order chi connectivity index (χ0) is 8.67. The molecule has 0 aliphatic rings. The first kappa shape index (κ1) is 6.66. The van der Waals surface area contributed by atoms with E-state index in [-0.39, 0.29) is 0 Å². The van der Waals surface area contributed by atoms with Crippen molar-refractivity contribution < 1.29 is 4.52 Å². The molecule has 0 bridgehead atoms. The van der Waals surface area contributed by atoms with Gasteiger partial charge in [-0.25, -0.2) is 0 Å². The summed E-state index contributed by atoms with van der Waals surface area (Å²) in [6, 6.07) is 12.1. The summed E-state index contributed by atoms with van der Waals surface area (Å²) < 4.78 is 4.80. The molecular weight excluding hydrogens is 162 g/mol. The average Bonchev–Trinajstić information content (AvgIpc) is 2.65. The molecule has 61 valence electrons. The Kier molecular flexibility index (Phi) is 1.19. The maximum atomic E-state index is 4.80. The number of rotatable bonds is 0. The van der Waals surface area contributed by atoms with Gasteiger partial charge in [-0.05, 0) is 11.5 Å². The molecule has 3 aromatic rings. The Hall–Kier alpha value is -1.83. The largest absolute Gasteiger partial charge is 0.351 e. The van der Waals surface area contributed by atoms with Gasteiger partial charge >= 0.3 is 0 Å². The van der Waals surface area contributed by atoms with Crippen LogP contribution < -0.4 is 0 Å². The van der Waals surface area contributed by atoms with Crippen molar-refractivity contribution >= 4 is 21.7 Å². The zero-order valence-electron chi connectivity index (χ0n) is 6.82. The van der Waals surface area contributed by atoms with Gasteiger partial charge < -0.3 is 4.52 Å². The van der Waals surface area contributed by atoms with Crippen molar-refractivity contribution in [3.05, 3.63) is 42.7 Å². The molecule has 2 aromatic carbocycles. The number of fused-ring (bicyclic) bond motifs is 3. The summed E-state index contributed by atoms with van der Waals surface area (Å²) in [5, 5.41) is 7.14. The van der Waals surface area contributed by atoms with Crippen molar-refractivity contribution in [2.75, 3.05) is 0 Å². The molecule has 2 nitrogen and oxygen atoms in total. The molecule has 1 heterocycles. The van der Waals surface area contributed by atoms with Crippen molar-refractivity contribution in [1.82, 2.24) is 5.16 Å². The third-order valence-electron chi connectivity index (χ3n) is 2.19. The van der Waals surface area contributed by atoms with Crippen molar-refractivity contribution in [3.63, 3.8) is 0 Å². The second-order valence-corrected chi connectivity index (χ2v) is 2.97. The van der Waals surface area contributed by atoms with Crippen LogP contribution in [-0.4, -0.2) is 5.16 Å². The first-order chi connectivity index (χ1) is 6.45. The highest BCUT2D eigenvalue weighted by Crippen LogP contribution is 2.22. The molecule has 0 fully saturated rings. The lowest BCUT2D eigenvalue weighted by Gasteiger charge is -1.95. The Morgan fingerprint density at radius 2 is 2.00 bits per heavy atom. The number of hydrogen-bond donors (Lipinski definition) is 0. The van der Waals surface area contributed by atoms with Gasteiger partial charge in [0.05, 0.1) is 5.39 Å². The molecule has 1 aromatic heterocycles. The Morgan fingerprint density at radius 1 is 1.08 bits per heavy atom. The molecule has 0 amide bonds. The van der Waals surface area contributed by atoms with Crippen LogP contribution in [0.2, 0.25) is 0 Å². The Bertz CT molecular complexity index is 568. The minimum Gasteiger partial charge on any atom is -0.351 e. The number of nitrogens with zero attached hydrogens (tertiary/aromatic N) is 1. The van der Waals surface area contributed by atoms with Crippen LogP contribution in [0.15, 0.2) is 40.9 Å². The van der Waals surface area contributed by atoms with E-state index in [9.17, 15) is 0 Å². The first-order valence-corrected chi connectivity index (χ1v) is 4.10. The fraction of sp³-hybridized carbons (Fsp3) is 0. The van der Waals surface area contributed by atoms with E-state index in [1.807, 2.05) is 30.3 Å². The minimum atomic E-state index is 0.887. The standard InChI is InChI=1S/C11H6NO/c1-2-4-10-8(3-1)5-6-9-7-13-12-11(9)10/h1-6H. The van der Waals surface area contributed by atoms with Crippen LogP contribution in [0.25, 0.3) is 21.7 Å². The minimum absolute atomic E-state index is 0.887. The highest BCUT2D eigenvalue weighted by molar-refractivity contribution is 6.04. The quantitative estimate of drug-likeness (QED) is 0.515. The maximum Gasteiger partial charge on any atom is 0.213 e. The van der Waals surface area contributed by atoms with Gasteiger partial charge in [-0.15, -0.1) is 0 Å².